The summed E-state index contributed by atoms with van der Waals surface area (Å²) in [5, 5.41) is 5.02. The molecule has 2 aromatic rings. The van der Waals surface area contributed by atoms with Gasteiger partial charge in [-0.1, -0.05) is 36.9 Å². The highest BCUT2D eigenvalue weighted by Crippen LogP contribution is 2.36. The van der Waals surface area contributed by atoms with Crippen LogP contribution in [0.4, 0.5) is 9.80 Å². The molecule has 0 aliphatic heterocycles. The van der Waals surface area contributed by atoms with E-state index >= 15 is 0 Å². The van der Waals surface area contributed by atoms with Crippen molar-refractivity contribution in [2.75, 3.05) is 19.4 Å². The first-order valence-electron chi connectivity index (χ1n) is 7.16. The van der Waals surface area contributed by atoms with Crippen LogP contribution in [0.1, 0.15) is 21.5 Å². The van der Waals surface area contributed by atoms with Crippen LogP contribution in [0.15, 0.2) is 41.1 Å². The molecule has 0 radical (unpaired) electrons. The molecular weight excluding hydrogens is 342 g/mol. The van der Waals surface area contributed by atoms with Crippen molar-refractivity contribution in [2.24, 2.45) is 5.73 Å². The van der Waals surface area contributed by atoms with Gasteiger partial charge in [-0.25, -0.2) is 4.79 Å². The summed E-state index contributed by atoms with van der Waals surface area (Å²) in [6, 6.07) is 7.74. The summed E-state index contributed by atoms with van der Waals surface area (Å²) in [5.41, 5.74) is 8.05. The largest absolute Gasteiger partial charge is 0.365 e. The van der Waals surface area contributed by atoms with Crippen molar-refractivity contribution >= 4 is 46.1 Å². The molecule has 3 amide bonds. The third-order valence-electron chi connectivity index (χ3n) is 3.24. The van der Waals surface area contributed by atoms with Crippen LogP contribution in [0.5, 0.6) is 0 Å². The lowest BCUT2D eigenvalue weighted by Crippen LogP contribution is -2.28. The molecule has 0 saturated carbocycles. The molecule has 3 N–H and O–H groups in total. The van der Waals surface area contributed by atoms with Gasteiger partial charge in [-0.3, -0.25) is 10.1 Å². The second-order valence-corrected chi connectivity index (χ2v) is 7.12. The van der Waals surface area contributed by atoms with Crippen molar-refractivity contribution in [2.45, 2.75) is 10.6 Å². The molecule has 1 aromatic carbocycles. The fourth-order valence-electron chi connectivity index (χ4n) is 1.89. The third kappa shape index (κ3) is 4.39. The van der Waals surface area contributed by atoms with Crippen LogP contribution < -0.4 is 11.1 Å². The van der Waals surface area contributed by atoms with E-state index in [0.717, 1.165) is 16.0 Å². The fraction of sp³-hybridized carbons (Fsp3) is 0.176. The van der Waals surface area contributed by atoms with Crippen LogP contribution in [-0.4, -0.2) is 30.9 Å². The molecule has 0 saturated heterocycles. The number of carbonyl (C=O) groups excluding carboxylic acids is 2. The highest BCUT2D eigenvalue weighted by Gasteiger charge is 2.19. The van der Waals surface area contributed by atoms with Crippen molar-refractivity contribution in [1.29, 1.82) is 0 Å². The predicted molar refractivity (Wildman–Crippen MR) is 102 cm³/mol. The summed E-state index contributed by atoms with van der Waals surface area (Å²) in [6.07, 6.45) is 1.79. The van der Waals surface area contributed by atoms with E-state index < -0.39 is 5.91 Å². The van der Waals surface area contributed by atoms with Gasteiger partial charge in [0.05, 0.1) is 5.56 Å². The van der Waals surface area contributed by atoms with Crippen LogP contribution in [0.25, 0.3) is 6.08 Å². The Morgan fingerprint density at radius 2 is 2.00 bits per heavy atom. The first kappa shape index (κ1) is 18.1. The van der Waals surface area contributed by atoms with E-state index in [-0.39, 0.29) is 6.03 Å². The smallest absolute Gasteiger partial charge is 0.321 e. The molecule has 0 spiro atoms. The molecule has 0 fully saturated rings. The summed E-state index contributed by atoms with van der Waals surface area (Å²) < 4.78 is 0. The van der Waals surface area contributed by atoms with E-state index in [1.54, 1.807) is 20.2 Å². The summed E-state index contributed by atoms with van der Waals surface area (Å²) >= 11 is 2.82. The Kier molecular flexibility index (Phi) is 6.05. The van der Waals surface area contributed by atoms with E-state index in [1.165, 1.54) is 28.0 Å². The van der Waals surface area contributed by atoms with Gasteiger partial charge in [0.2, 0.25) is 0 Å². The lowest BCUT2D eigenvalue weighted by molar-refractivity contribution is 0.0999. The molecule has 1 heterocycles. The Morgan fingerprint density at radius 1 is 1.33 bits per heavy atom. The van der Waals surface area contributed by atoms with Crippen LogP contribution in [0.3, 0.4) is 0 Å². The maximum absolute atomic E-state index is 11.8. The molecule has 5 nitrogen and oxygen atoms in total. The number of hydrogen-bond acceptors (Lipinski definition) is 4. The number of benzene rings is 1. The second kappa shape index (κ2) is 8.03. The molecule has 0 aliphatic rings. The van der Waals surface area contributed by atoms with E-state index in [1.807, 2.05) is 29.6 Å². The number of rotatable bonds is 6. The molecular formula is C17H19N3O2S2. The Morgan fingerprint density at radius 3 is 2.54 bits per heavy atom. The normalized spacial score (nSPS) is 10.2. The number of nitrogens with zero attached hydrogens (tertiary/aromatic N) is 1. The number of hydrogen-bond donors (Lipinski definition) is 2. The molecule has 1 aromatic heterocycles. The van der Waals surface area contributed by atoms with Crippen molar-refractivity contribution in [1.82, 2.24) is 4.90 Å². The van der Waals surface area contributed by atoms with Crippen LogP contribution >= 0.6 is 23.1 Å². The monoisotopic (exact) mass is 361 g/mol. The first-order chi connectivity index (χ1) is 11.4. The third-order valence-corrected chi connectivity index (χ3v) is 5.40. The zero-order chi connectivity index (χ0) is 17.7. The SMILES string of the molecule is C=Cc1ccc(CSc2csc(NC(=O)N(C)C)c2C(N)=O)cc1. The number of nitrogens with two attached hydrogens (primary N) is 1. The molecule has 0 atom stereocenters. The summed E-state index contributed by atoms with van der Waals surface area (Å²) in [4.78, 5) is 25.8. The first-order valence-corrected chi connectivity index (χ1v) is 9.02. The zero-order valence-corrected chi connectivity index (χ0v) is 15.2. The minimum atomic E-state index is -0.546. The van der Waals surface area contributed by atoms with Gasteiger partial charge < -0.3 is 10.6 Å². The molecule has 0 aliphatic carbocycles. The molecule has 0 unspecified atom stereocenters. The maximum atomic E-state index is 11.8. The molecule has 126 valence electrons. The zero-order valence-electron chi connectivity index (χ0n) is 13.5. The fourth-order valence-corrected chi connectivity index (χ4v) is 4.05. The van der Waals surface area contributed by atoms with Crippen molar-refractivity contribution in [3.05, 3.63) is 52.9 Å². The van der Waals surface area contributed by atoms with Gasteiger partial charge in [0.15, 0.2) is 0 Å². The van der Waals surface area contributed by atoms with Crippen molar-refractivity contribution in [3.8, 4) is 0 Å². The van der Waals surface area contributed by atoms with Crippen molar-refractivity contribution in [3.63, 3.8) is 0 Å². The van der Waals surface area contributed by atoms with E-state index in [0.29, 0.717) is 16.3 Å². The van der Waals surface area contributed by atoms with Crippen LogP contribution in [-0.2, 0) is 5.75 Å². The quantitative estimate of drug-likeness (QED) is 0.767. The van der Waals surface area contributed by atoms with Gasteiger partial charge in [-0.05, 0) is 11.1 Å². The average molecular weight is 361 g/mol. The number of anilines is 1. The summed E-state index contributed by atoms with van der Waals surface area (Å²) in [5.74, 6) is 0.157. The molecule has 2 rings (SSSR count). The Bertz CT molecular complexity index is 752. The van der Waals surface area contributed by atoms with Crippen LogP contribution in [0.2, 0.25) is 0 Å². The van der Waals surface area contributed by atoms with Gasteiger partial charge in [-0.15, -0.1) is 23.1 Å². The lowest BCUT2D eigenvalue weighted by Gasteiger charge is -2.11. The Hall–Kier alpha value is -2.25. The lowest BCUT2D eigenvalue weighted by atomic mass is 10.1. The van der Waals surface area contributed by atoms with Gasteiger partial charge >= 0.3 is 6.03 Å². The van der Waals surface area contributed by atoms with Crippen LogP contribution in [0, 0.1) is 0 Å². The summed E-state index contributed by atoms with van der Waals surface area (Å²) in [6.45, 7) is 3.73. The van der Waals surface area contributed by atoms with E-state index in [4.69, 9.17) is 5.73 Å². The van der Waals surface area contributed by atoms with E-state index in [2.05, 4.69) is 11.9 Å². The van der Waals surface area contributed by atoms with Gasteiger partial charge in [0.1, 0.15) is 5.00 Å². The van der Waals surface area contributed by atoms with Gasteiger partial charge in [0.25, 0.3) is 5.91 Å². The number of urea groups is 1. The predicted octanol–water partition coefficient (Wildman–Crippen LogP) is 3.88. The van der Waals surface area contributed by atoms with Gasteiger partial charge in [-0.2, -0.15) is 0 Å². The van der Waals surface area contributed by atoms with Gasteiger partial charge in [0, 0.05) is 30.1 Å². The van der Waals surface area contributed by atoms with E-state index in [9.17, 15) is 9.59 Å². The minimum Gasteiger partial charge on any atom is -0.365 e. The standard InChI is InChI=1S/C17H19N3O2S2/c1-4-11-5-7-12(8-6-11)9-23-13-10-24-16(14(13)15(18)21)19-17(22)20(2)3/h4-8,10H,1,9H2,2-3H3,(H2,18,21)(H,19,22). The molecule has 7 heteroatoms. The highest BCUT2D eigenvalue weighted by atomic mass is 32.2. The second-order valence-electron chi connectivity index (χ2n) is 5.23. The number of thiophene rings is 1. The minimum absolute atomic E-state index is 0.295. The highest BCUT2D eigenvalue weighted by molar-refractivity contribution is 7.98. The molecule has 24 heavy (non-hydrogen) atoms. The number of nitrogens with one attached hydrogen (secondary N) is 1. The topological polar surface area (TPSA) is 75.4 Å². The maximum Gasteiger partial charge on any atom is 0.321 e. The number of amides is 3. The number of thioether (sulfide) groups is 1. The molecule has 0 bridgehead atoms. The Balaban J connectivity index is 2.14. The average Bonchev–Trinajstić information content (AvgIpc) is 2.96. The van der Waals surface area contributed by atoms with Crippen molar-refractivity contribution < 1.29 is 9.59 Å². The Labute approximate surface area is 149 Å². The summed E-state index contributed by atoms with van der Waals surface area (Å²) in [7, 11) is 3.27. The number of carbonyl (C=O) groups is 2. The number of primary amides is 1.